The lowest BCUT2D eigenvalue weighted by Gasteiger charge is -2.30. The maximum Gasteiger partial charge on any atom is 0.251 e. The number of nitrogens with zero attached hydrogens (tertiary/aromatic N) is 5. The molecule has 7 nitrogen and oxygen atoms in total. The number of piperidine rings is 1. The molecular formula is C14H18N6O. The smallest absolute Gasteiger partial charge is 0.251 e. The summed E-state index contributed by atoms with van der Waals surface area (Å²) in [6, 6.07) is 7.50. The van der Waals surface area contributed by atoms with Gasteiger partial charge >= 0.3 is 0 Å². The number of carbonyl (C=O) groups is 1. The van der Waals surface area contributed by atoms with Crippen LogP contribution in [0.5, 0.6) is 0 Å². The SMILES string of the molecule is CN1CCC[C@@H](NC(=O)c2cccc(-n3cnnn3)c2)C1. The van der Waals surface area contributed by atoms with Gasteiger partial charge in [-0.25, -0.2) is 4.68 Å². The number of hydrogen-bond donors (Lipinski definition) is 1. The molecule has 0 bridgehead atoms. The highest BCUT2D eigenvalue weighted by Gasteiger charge is 2.19. The third-order valence-electron chi connectivity index (χ3n) is 3.68. The Morgan fingerprint density at radius 1 is 1.43 bits per heavy atom. The Kier molecular flexibility index (Phi) is 3.92. The van der Waals surface area contributed by atoms with Crippen LogP contribution >= 0.6 is 0 Å². The Hall–Kier alpha value is -2.28. The molecule has 0 unspecified atom stereocenters. The van der Waals surface area contributed by atoms with Gasteiger partial charge in [0.2, 0.25) is 0 Å². The number of hydrogen-bond acceptors (Lipinski definition) is 5. The zero-order valence-electron chi connectivity index (χ0n) is 11.9. The molecule has 2 aromatic rings. The van der Waals surface area contributed by atoms with Crippen molar-refractivity contribution in [2.75, 3.05) is 20.1 Å². The van der Waals surface area contributed by atoms with Crippen LogP contribution in [0.25, 0.3) is 5.69 Å². The molecule has 1 fully saturated rings. The van der Waals surface area contributed by atoms with Gasteiger partial charge in [0.1, 0.15) is 6.33 Å². The first-order chi connectivity index (χ1) is 10.2. The monoisotopic (exact) mass is 286 g/mol. The molecule has 21 heavy (non-hydrogen) atoms. The van der Waals surface area contributed by atoms with Gasteiger partial charge < -0.3 is 10.2 Å². The molecule has 1 aliphatic heterocycles. The van der Waals surface area contributed by atoms with Crippen LogP contribution in [-0.2, 0) is 0 Å². The number of benzene rings is 1. The molecule has 7 heteroatoms. The zero-order chi connectivity index (χ0) is 14.7. The summed E-state index contributed by atoms with van der Waals surface area (Å²) in [5, 5.41) is 14.1. The number of aromatic nitrogens is 4. The Bertz CT molecular complexity index is 612. The van der Waals surface area contributed by atoms with E-state index in [-0.39, 0.29) is 11.9 Å². The Morgan fingerprint density at radius 3 is 3.10 bits per heavy atom. The van der Waals surface area contributed by atoms with E-state index in [4.69, 9.17) is 0 Å². The molecule has 1 atom stereocenters. The number of likely N-dealkylation sites (tertiary alicyclic amines) is 1. The molecule has 0 spiro atoms. The van der Waals surface area contributed by atoms with Crippen molar-refractivity contribution < 1.29 is 4.79 Å². The van der Waals surface area contributed by atoms with Crippen LogP contribution in [0, 0.1) is 0 Å². The maximum absolute atomic E-state index is 12.4. The lowest BCUT2D eigenvalue weighted by atomic mass is 10.1. The number of amides is 1. The molecule has 3 rings (SSSR count). The molecule has 0 saturated carbocycles. The van der Waals surface area contributed by atoms with Crippen molar-refractivity contribution in [1.82, 2.24) is 30.4 Å². The first-order valence-corrected chi connectivity index (χ1v) is 7.05. The fourth-order valence-electron chi connectivity index (χ4n) is 2.62. The average molecular weight is 286 g/mol. The summed E-state index contributed by atoms with van der Waals surface area (Å²) in [6.45, 7) is 2.00. The highest BCUT2D eigenvalue weighted by Crippen LogP contribution is 2.11. The Morgan fingerprint density at radius 2 is 2.33 bits per heavy atom. The highest BCUT2D eigenvalue weighted by atomic mass is 16.1. The van der Waals surface area contributed by atoms with Gasteiger partial charge in [0.05, 0.1) is 5.69 Å². The summed E-state index contributed by atoms with van der Waals surface area (Å²) < 4.78 is 1.53. The predicted octanol–water partition coefficient (Wildman–Crippen LogP) is 0.486. The van der Waals surface area contributed by atoms with Gasteiger partial charge in [-0.15, -0.1) is 5.10 Å². The topological polar surface area (TPSA) is 75.9 Å². The molecule has 1 aromatic heterocycles. The second-order valence-corrected chi connectivity index (χ2v) is 5.38. The van der Waals surface area contributed by atoms with Crippen LogP contribution in [0.15, 0.2) is 30.6 Å². The maximum atomic E-state index is 12.4. The van der Waals surface area contributed by atoms with Crippen LogP contribution in [0.4, 0.5) is 0 Å². The second-order valence-electron chi connectivity index (χ2n) is 5.38. The molecule has 1 aromatic carbocycles. The van der Waals surface area contributed by atoms with Gasteiger partial charge in [-0.1, -0.05) is 6.07 Å². The van der Waals surface area contributed by atoms with Gasteiger partial charge in [-0.05, 0) is 55.1 Å². The molecular weight excluding hydrogens is 268 g/mol. The molecule has 1 amide bonds. The second kappa shape index (κ2) is 6.01. The summed E-state index contributed by atoms with van der Waals surface area (Å²) in [4.78, 5) is 14.6. The van der Waals surface area contributed by atoms with Gasteiger partial charge in [-0.3, -0.25) is 4.79 Å². The first-order valence-electron chi connectivity index (χ1n) is 7.05. The molecule has 1 N–H and O–H groups in total. The van der Waals surface area contributed by atoms with Crippen LogP contribution in [-0.4, -0.2) is 57.2 Å². The number of nitrogens with one attached hydrogen (secondary N) is 1. The molecule has 1 saturated heterocycles. The van der Waals surface area contributed by atoms with Crippen molar-refractivity contribution in [2.45, 2.75) is 18.9 Å². The zero-order valence-corrected chi connectivity index (χ0v) is 11.9. The van der Waals surface area contributed by atoms with Crippen molar-refractivity contribution in [2.24, 2.45) is 0 Å². The van der Waals surface area contributed by atoms with E-state index in [9.17, 15) is 4.79 Å². The predicted molar refractivity (Wildman–Crippen MR) is 77.1 cm³/mol. The first kappa shape index (κ1) is 13.7. The number of likely N-dealkylation sites (N-methyl/N-ethyl adjacent to an activating group) is 1. The van der Waals surface area contributed by atoms with Crippen molar-refractivity contribution in [1.29, 1.82) is 0 Å². The lowest BCUT2D eigenvalue weighted by molar-refractivity contribution is 0.0912. The van der Waals surface area contributed by atoms with Crippen LogP contribution in [0.1, 0.15) is 23.2 Å². The number of rotatable bonds is 3. The van der Waals surface area contributed by atoms with Gasteiger partial charge in [0.25, 0.3) is 5.91 Å². The Labute approximate surface area is 122 Å². The largest absolute Gasteiger partial charge is 0.348 e. The minimum absolute atomic E-state index is 0.0507. The van der Waals surface area contributed by atoms with E-state index >= 15 is 0 Å². The molecule has 1 aliphatic rings. The minimum atomic E-state index is -0.0507. The summed E-state index contributed by atoms with van der Waals surface area (Å²) in [6.07, 6.45) is 3.65. The van der Waals surface area contributed by atoms with Gasteiger partial charge in [0, 0.05) is 18.2 Å². The third-order valence-corrected chi connectivity index (χ3v) is 3.68. The van der Waals surface area contributed by atoms with E-state index in [0.717, 1.165) is 31.6 Å². The van der Waals surface area contributed by atoms with E-state index in [1.807, 2.05) is 12.1 Å². The summed E-state index contributed by atoms with van der Waals surface area (Å²) >= 11 is 0. The molecule has 0 radical (unpaired) electrons. The minimum Gasteiger partial charge on any atom is -0.348 e. The van der Waals surface area contributed by atoms with Crippen LogP contribution in [0.2, 0.25) is 0 Å². The van der Waals surface area contributed by atoms with Crippen molar-refractivity contribution in [3.8, 4) is 5.69 Å². The summed E-state index contributed by atoms with van der Waals surface area (Å²) in [5.41, 5.74) is 1.39. The number of carbonyl (C=O) groups excluding carboxylic acids is 1. The van der Waals surface area contributed by atoms with Crippen LogP contribution < -0.4 is 5.32 Å². The van der Waals surface area contributed by atoms with E-state index in [0.29, 0.717) is 5.56 Å². The van der Waals surface area contributed by atoms with Crippen molar-refractivity contribution in [3.63, 3.8) is 0 Å². The van der Waals surface area contributed by atoms with Gasteiger partial charge in [0.15, 0.2) is 0 Å². The highest BCUT2D eigenvalue weighted by molar-refractivity contribution is 5.94. The fraction of sp³-hybridized carbons (Fsp3) is 0.429. The standard InChI is InChI=1S/C14H18N6O/c1-19-7-3-5-12(9-19)16-14(21)11-4-2-6-13(8-11)20-10-15-17-18-20/h2,4,6,8,10,12H,3,5,7,9H2,1H3,(H,16,21)/t12-/m1/s1. The van der Waals surface area contributed by atoms with E-state index in [1.54, 1.807) is 12.1 Å². The van der Waals surface area contributed by atoms with E-state index in [2.05, 4.69) is 32.8 Å². The number of tetrazole rings is 1. The van der Waals surface area contributed by atoms with E-state index in [1.165, 1.54) is 11.0 Å². The van der Waals surface area contributed by atoms with Gasteiger partial charge in [-0.2, -0.15) is 0 Å². The van der Waals surface area contributed by atoms with Crippen molar-refractivity contribution in [3.05, 3.63) is 36.2 Å². The molecule has 0 aliphatic carbocycles. The normalized spacial score (nSPS) is 19.4. The Balaban J connectivity index is 1.71. The summed E-state index contributed by atoms with van der Waals surface area (Å²) in [7, 11) is 2.08. The molecule has 2 heterocycles. The third kappa shape index (κ3) is 3.25. The summed E-state index contributed by atoms with van der Waals surface area (Å²) in [5.74, 6) is -0.0507. The quantitative estimate of drug-likeness (QED) is 0.888. The lowest BCUT2D eigenvalue weighted by Crippen LogP contribution is -2.46. The van der Waals surface area contributed by atoms with Crippen LogP contribution in [0.3, 0.4) is 0 Å². The molecule has 110 valence electrons. The average Bonchev–Trinajstić information content (AvgIpc) is 3.02. The van der Waals surface area contributed by atoms with E-state index < -0.39 is 0 Å². The fourth-order valence-corrected chi connectivity index (χ4v) is 2.62. The van der Waals surface area contributed by atoms with Crippen molar-refractivity contribution >= 4 is 5.91 Å².